The van der Waals surface area contributed by atoms with E-state index in [2.05, 4.69) is 4.74 Å². The highest BCUT2D eigenvalue weighted by Crippen LogP contribution is 2.22. The van der Waals surface area contributed by atoms with Gasteiger partial charge in [0.1, 0.15) is 5.75 Å². The van der Waals surface area contributed by atoms with E-state index in [1.807, 2.05) is 0 Å². The maximum absolute atomic E-state index is 12.0. The lowest BCUT2D eigenvalue weighted by atomic mass is 10.3. The Balaban J connectivity index is 2.94. The maximum Gasteiger partial charge on any atom is 0.573 e. The number of hydrogen-bond acceptors (Lipinski definition) is 4. The van der Waals surface area contributed by atoms with Gasteiger partial charge < -0.3 is 18.0 Å². The van der Waals surface area contributed by atoms with Gasteiger partial charge in [0.2, 0.25) is 0 Å². The molecule has 0 spiro atoms. The number of rotatable bonds is 5. The molecule has 0 aliphatic rings. The highest BCUT2D eigenvalue weighted by Gasteiger charge is 2.41. The van der Waals surface area contributed by atoms with E-state index < -0.39 is 15.2 Å². The van der Waals surface area contributed by atoms with Crippen molar-refractivity contribution in [1.29, 1.82) is 0 Å². The van der Waals surface area contributed by atoms with Crippen LogP contribution in [0.25, 0.3) is 0 Å². The molecule has 0 heterocycles. The summed E-state index contributed by atoms with van der Waals surface area (Å²) in [6, 6.07) is 5.21. The predicted octanol–water partition coefficient (Wildman–Crippen LogP) is 1.67. The summed E-state index contributed by atoms with van der Waals surface area (Å²) in [4.78, 5) is 0. The van der Waals surface area contributed by atoms with Crippen LogP contribution in [0.4, 0.5) is 13.2 Å². The number of hydrogen-bond donors (Lipinski definition) is 0. The van der Waals surface area contributed by atoms with Crippen LogP contribution in [0.1, 0.15) is 0 Å². The molecular weight excluding hydrogens is 269 g/mol. The summed E-state index contributed by atoms with van der Waals surface area (Å²) < 4.78 is 55.3. The zero-order chi connectivity index (χ0) is 13.8. The van der Waals surface area contributed by atoms with Crippen molar-refractivity contribution >= 4 is 14.0 Å². The Morgan fingerprint density at radius 3 is 1.67 bits per heavy atom. The van der Waals surface area contributed by atoms with E-state index in [-0.39, 0.29) is 5.75 Å². The topological polar surface area (TPSA) is 36.9 Å². The molecule has 1 aromatic rings. The Labute approximate surface area is 104 Å². The molecule has 8 heteroatoms. The minimum absolute atomic E-state index is 0.308. The molecular formula is C10H13F3O4Si. The van der Waals surface area contributed by atoms with Crippen molar-refractivity contribution in [3.05, 3.63) is 24.3 Å². The highest BCUT2D eigenvalue weighted by atomic mass is 28.4. The summed E-state index contributed by atoms with van der Waals surface area (Å²) in [5.74, 6) is -0.308. The van der Waals surface area contributed by atoms with Crippen LogP contribution in [0.2, 0.25) is 0 Å². The van der Waals surface area contributed by atoms with Crippen LogP contribution in [-0.2, 0) is 13.3 Å². The molecule has 0 atom stereocenters. The Kier molecular flexibility index (Phi) is 4.74. The van der Waals surface area contributed by atoms with Crippen LogP contribution in [0.5, 0.6) is 5.75 Å². The minimum atomic E-state index is -4.71. The number of benzene rings is 1. The molecule has 0 aliphatic carbocycles. The Hall–Kier alpha value is -1.09. The summed E-state index contributed by atoms with van der Waals surface area (Å²) >= 11 is 0. The van der Waals surface area contributed by atoms with Gasteiger partial charge in [0.25, 0.3) is 0 Å². The van der Waals surface area contributed by atoms with Crippen molar-refractivity contribution in [3.63, 3.8) is 0 Å². The van der Waals surface area contributed by atoms with Crippen molar-refractivity contribution in [3.8, 4) is 5.75 Å². The molecule has 0 aliphatic heterocycles. The second kappa shape index (κ2) is 5.70. The van der Waals surface area contributed by atoms with Crippen molar-refractivity contribution in [1.82, 2.24) is 0 Å². The summed E-state index contributed by atoms with van der Waals surface area (Å²) in [5, 5.41) is 0.546. The third-order valence-corrected chi connectivity index (χ3v) is 4.90. The molecule has 0 bridgehead atoms. The quantitative estimate of drug-likeness (QED) is 0.770. The summed E-state index contributed by atoms with van der Waals surface area (Å²) in [6.07, 6.45) is -4.71. The fraction of sp³-hybridized carbons (Fsp3) is 0.400. The molecule has 102 valence electrons. The zero-order valence-electron chi connectivity index (χ0n) is 10.1. The normalized spacial score (nSPS) is 12.6. The lowest BCUT2D eigenvalue weighted by molar-refractivity contribution is -0.274. The second-order valence-electron chi connectivity index (χ2n) is 3.24. The Bertz CT molecular complexity index is 367. The van der Waals surface area contributed by atoms with Crippen molar-refractivity contribution in [2.45, 2.75) is 6.36 Å². The fourth-order valence-corrected chi connectivity index (χ4v) is 3.25. The number of halogens is 3. The molecule has 0 unspecified atom stereocenters. The van der Waals surface area contributed by atoms with Gasteiger partial charge in [0.15, 0.2) is 0 Å². The van der Waals surface area contributed by atoms with Crippen LogP contribution >= 0.6 is 0 Å². The van der Waals surface area contributed by atoms with Crippen LogP contribution < -0.4 is 9.92 Å². The predicted molar refractivity (Wildman–Crippen MR) is 59.5 cm³/mol. The molecule has 0 radical (unpaired) electrons. The van der Waals surface area contributed by atoms with E-state index in [4.69, 9.17) is 13.3 Å². The van der Waals surface area contributed by atoms with Crippen molar-refractivity contribution in [2.75, 3.05) is 21.3 Å². The molecule has 0 N–H and O–H groups in total. The lowest BCUT2D eigenvalue weighted by Gasteiger charge is -2.24. The third kappa shape index (κ3) is 3.45. The minimum Gasteiger partial charge on any atom is -0.406 e. The Morgan fingerprint density at radius 1 is 0.889 bits per heavy atom. The second-order valence-corrected chi connectivity index (χ2v) is 6.16. The molecule has 4 nitrogen and oxygen atoms in total. The van der Waals surface area contributed by atoms with Gasteiger partial charge in [0, 0.05) is 26.5 Å². The van der Waals surface area contributed by atoms with Crippen molar-refractivity contribution < 1.29 is 31.2 Å². The number of alkyl halides is 3. The maximum atomic E-state index is 12.0. The van der Waals surface area contributed by atoms with Gasteiger partial charge in [0.05, 0.1) is 0 Å². The SMILES string of the molecule is CO[Si](OC)(OC)c1ccc(OC(F)(F)F)cc1. The Morgan fingerprint density at radius 2 is 1.33 bits per heavy atom. The van der Waals surface area contributed by atoms with Crippen LogP contribution in [-0.4, -0.2) is 36.5 Å². The van der Waals surface area contributed by atoms with Crippen LogP contribution in [0.3, 0.4) is 0 Å². The molecule has 0 amide bonds. The molecule has 18 heavy (non-hydrogen) atoms. The van der Waals surface area contributed by atoms with E-state index in [1.54, 1.807) is 0 Å². The summed E-state index contributed by atoms with van der Waals surface area (Å²) in [5.41, 5.74) is 0. The van der Waals surface area contributed by atoms with E-state index in [0.29, 0.717) is 5.19 Å². The molecule has 0 aromatic heterocycles. The standard InChI is InChI=1S/C10H13F3O4Si/c1-14-18(15-2,16-3)9-6-4-8(5-7-9)17-10(11,12)13/h4-7H,1-3H3. The fourth-order valence-electron chi connectivity index (χ4n) is 1.46. The van der Waals surface area contributed by atoms with E-state index in [9.17, 15) is 13.2 Å². The summed E-state index contributed by atoms with van der Waals surface area (Å²) in [6.45, 7) is 0. The summed E-state index contributed by atoms with van der Waals surface area (Å²) in [7, 11) is 1.24. The van der Waals surface area contributed by atoms with E-state index in [0.717, 1.165) is 0 Å². The van der Waals surface area contributed by atoms with Gasteiger partial charge in [-0.15, -0.1) is 13.2 Å². The first-order valence-electron chi connectivity index (χ1n) is 4.88. The van der Waals surface area contributed by atoms with Gasteiger partial charge in [-0.1, -0.05) is 12.1 Å². The van der Waals surface area contributed by atoms with Gasteiger partial charge >= 0.3 is 15.2 Å². The first-order valence-corrected chi connectivity index (χ1v) is 6.61. The molecule has 0 saturated carbocycles. The number of ether oxygens (including phenoxy) is 1. The van der Waals surface area contributed by atoms with Gasteiger partial charge in [-0.25, -0.2) is 0 Å². The molecule has 0 saturated heterocycles. The van der Waals surface area contributed by atoms with E-state index in [1.165, 1.54) is 45.6 Å². The van der Waals surface area contributed by atoms with Crippen molar-refractivity contribution in [2.24, 2.45) is 0 Å². The lowest BCUT2D eigenvalue weighted by Crippen LogP contribution is -2.54. The molecule has 1 aromatic carbocycles. The third-order valence-electron chi connectivity index (χ3n) is 2.25. The molecule has 0 fully saturated rings. The average molecular weight is 282 g/mol. The monoisotopic (exact) mass is 282 g/mol. The smallest absolute Gasteiger partial charge is 0.406 e. The zero-order valence-corrected chi connectivity index (χ0v) is 11.1. The van der Waals surface area contributed by atoms with Gasteiger partial charge in [-0.05, 0) is 12.1 Å². The van der Waals surface area contributed by atoms with Crippen LogP contribution in [0.15, 0.2) is 24.3 Å². The van der Waals surface area contributed by atoms with Gasteiger partial charge in [-0.3, -0.25) is 0 Å². The highest BCUT2D eigenvalue weighted by molar-refractivity contribution is 6.75. The van der Waals surface area contributed by atoms with Gasteiger partial charge in [-0.2, -0.15) is 0 Å². The first-order chi connectivity index (χ1) is 8.37. The molecule has 1 rings (SSSR count). The first kappa shape index (κ1) is 15.0. The van der Waals surface area contributed by atoms with Crippen LogP contribution in [0, 0.1) is 0 Å². The average Bonchev–Trinajstić information content (AvgIpc) is 2.32. The van der Waals surface area contributed by atoms with E-state index >= 15 is 0 Å². The largest absolute Gasteiger partial charge is 0.573 e.